The second-order valence-corrected chi connectivity index (χ2v) is 6.90. The van der Waals surface area contributed by atoms with Gasteiger partial charge in [0.2, 0.25) is 0 Å². The number of nitrogen functional groups attached to an aromatic ring is 1. The Morgan fingerprint density at radius 2 is 2.19 bits per heavy atom. The van der Waals surface area contributed by atoms with Gasteiger partial charge in [0.05, 0.1) is 17.6 Å². The van der Waals surface area contributed by atoms with Crippen LogP contribution in [-0.2, 0) is 0 Å². The fourth-order valence-electron chi connectivity index (χ4n) is 3.60. The van der Waals surface area contributed by atoms with Crippen LogP contribution >= 0.6 is 0 Å². The lowest BCUT2D eigenvalue weighted by atomic mass is 9.97. The van der Waals surface area contributed by atoms with Crippen LogP contribution in [0.1, 0.15) is 22.5 Å². The van der Waals surface area contributed by atoms with Crippen molar-refractivity contribution in [1.82, 2.24) is 19.6 Å². The summed E-state index contributed by atoms with van der Waals surface area (Å²) in [4.78, 5) is 16.8. The van der Waals surface area contributed by atoms with Gasteiger partial charge in [-0.1, -0.05) is 0 Å². The van der Waals surface area contributed by atoms with Gasteiger partial charge >= 0.3 is 0 Å². The van der Waals surface area contributed by atoms with E-state index in [1.165, 1.54) is 6.07 Å². The molecule has 1 aliphatic rings. The quantitative estimate of drug-likeness (QED) is 0.543. The van der Waals surface area contributed by atoms with Gasteiger partial charge < -0.3 is 5.73 Å². The number of Topliss-reactive ketones (excluding diaryl/α,β-unsaturated/α-hetero) is 1. The highest BCUT2D eigenvalue weighted by Gasteiger charge is 2.45. The number of anilines is 1. The number of pyridine rings is 1. The Morgan fingerprint density at radius 1 is 1.41 bits per heavy atom. The SMILES string of the molecule is Cc1c(F)cc2[nH]ncc2c1-c1ccc2nc(N)c(C(=O)[C@@H]3C[C@@H]3F)n2c1. The second-order valence-electron chi connectivity index (χ2n) is 6.90. The number of fused-ring (bicyclic) bond motifs is 2. The zero-order chi connectivity index (χ0) is 18.9. The fraction of sp³-hybridized carbons (Fsp3) is 0.211. The summed E-state index contributed by atoms with van der Waals surface area (Å²) in [5.74, 6) is -1.30. The van der Waals surface area contributed by atoms with Gasteiger partial charge in [-0.05, 0) is 48.2 Å². The van der Waals surface area contributed by atoms with E-state index in [2.05, 4.69) is 15.2 Å². The number of H-pyrrole nitrogens is 1. The normalized spacial score (nSPS) is 19.1. The number of carbonyl (C=O) groups is 1. The second kappa shape index (κ2) is 5.35. The van der Waals surface area contributed by atoms with Gasteiger partial charge in [-0.15, -0.1) is 0 Å². The summed E-state index contributed by atoms with van der Waals surface area (Å²) < 4.78 is 29.3. The summed E-state index contributed by atoms with van der Waals surface area (Å²) in [6, 6.07) is 4.90. The number of ketones is 1. The van der Waals surface area contributed by atoms with Crippen LogP contribution in [0.4, 0.5) is 14.6 Å². The Bertz CT molecular complexity index is 1240. The molecule has 8 heteroatoms. The maximum atomic E-state index is 14.4. The summed E-state index contributed by atoms with van der Waals surface area (Å²) in [5.41, 5.74) is 8.98. The van der Waals surface area contributed by atoms with Gasteiger partial charge in [0, 0.05) is 11.6 Å². The third kappa shape index (κ3) is 2.26. The fourth-order valence-corrected chi connectivity index (χ4v) is 3.60. The molecule has 3 N–H and O–H groups in total. The van der Waals surface area contributed by atoms with Gasteiger partial charge in [0.1, 0.15) is 23.3 Å². The molecule has 0 spiro atoms. The maximum Gasteiger partial charge on any atom is 0.189 e. The van der Waals surface area contributed by atoms with Crippen LogP contribution in [0.5, 0.6) is 0 Å². The van der Waals surface area contributed by atoms with E-state index >= 15 is 0 Å². The Hall–Kier alpha value is -3.29. The molecule has 1 saturated carbocycles. The van der Waals surface area contributed by atoms with E-state index in [1.807, 2.05) is 0 Å². The molecule has 4 aromatic rings. The first-order valence-corrected chi connectivity index (χ1v) is 8.54. The number of nitrogens with zero attached hydrogens (tertiary/aromatic N) is 3. The zero-order valence-electron chi connectivity index (χ0n) is 14.3. The van der Waals surface area contributed by atoms with E-state index in [-0.39, 0.29) is 29.5 Å². The van der Waals surface area contributed by atoms with Crippen molar-refractivity contribution < 1.29 is 13.6 Å². The molecule has 5 rings (SSSR count). The predicted octanol–water partition coefficient (Wildman–Crippen LogP) is 3.45. The summed E-state index contributed by atoms with van der Waals surface area (Å²) in [6.07, 6.45) is 2.41. The van der Waals surface area contributed by atoms with Crippen molar-refractivity contribution in [3.05, 3.63) is 47.7 Å². The first kappa shape index (κ1) is 15.9. The monoisotopic (exact) mass is 367 g/mol. The van der Waals surface area contributed by atoms with Crippen LogP contribution in [0.2, 0.25) is 0 Å². The van der Waals surface area contributed by atoms with Crippen molar-refractivity contribution >= 4 is 28.2 Å². The highest BCUT2D eigenvalue weighted by atomic mass is 19.1. The largest absolute Gasteiger partial charge is 0.382 e. The van der Waals surface area contributed by atoms with Crippen molar-refractivity contribution in [2.45, 2.75) is 19.5 Å². The van der Waals surface area contributed by atoms with E-state index in [9.17, 15) is 13.6 Å². The number of halogens is 2. The molecule has 0 aliphatic heterocycles. The molecule has 6 nitrogen and oxygen atoms in total. The minimum Gasteiger partial charge on any atom is -0.382 e. The number of carbonyl (C=O) groups excluding carboxylic acids is 1. The molecule has 136 valence electrons. The Balaban J connectivity index is 1.75. The van der Waals surface area contributed by atoms with Crippen molar-refractivity contribution in [1.29, 1.82) is 0 Å². The molecule has 0 radical (unpaired) electrons. The van der Waals surface area contributed by atoms with Crippen LogP contribution in [0.3, 0.4) is 0 Å². The first-order chi connectivity index (χ1) is 13.0. The number of benzene rings is 1. The average molecular weight is 367 g/mol. The molecule has 2 atom stereocenters. The number of hydrogen-bond donors (Lipinski definition) is 2. The molecule has 27 heavy (non-hydrogen) atoms. The molecule has 3 heterocycles. The van der Waals surface area contributed by atoms with Crippen molar-refractivity contribution in [3.8, 4) is 11.1 Å². The number of nitrogens with one attached hydrogen (secondary N) is 1. The summed E-state index contributed by atoms with van der Waals surface area (Å²) >= 11 is 0. The molecule has 3 aromatic heterocycles. The highest BCUT2D eigenvalue weighted by Crippen LogP contribution is 2.38. The molecular weight excluding hydrogens is 352 g/mol. The number of aromatic nitrogens is 4. The standard InChI is InChI=1S/C19H15F2N5O/c1-8-12(20)5-14-11(6-23-25-14)16(8)9-2-3-15-24-19(22)17(26(15)7-9)18(27)10-4-13(10)21/h2-3,5-7,10,13H,4,22H2,1H3,(H,23,25)/t10-,13+/m1/s1. The third-order valence-corrected chi connectivity index (χ3v) is 5.16. The minimum atomic E-state index is -1.12. The summed E-state index contributed by atoms with van der Waals surface area (Å²) in [6.45, 7) is 1.69. The molecule has 0 amide bonds. The molecule has 0 bridgehead atoms. The lowest BCUT2D eigenvalue weighted by Gasteiger charge is -2.10. The highest BCUT2D eigenvalue weighted by molar-refractivity contribution is 6.03. The van der Waals surface area contributed by atoms with Crippen LogP contribution in [0, 0.1) is 18.7 Å². The van der Waals surface area contributed by atoms with E-state index in [4.69, 9.17) is 5.73 Å². The van der Waals surface area contributed by atoms with E-state index < -0.39 is 12.1 Å². The van der Waals surface area contributed by atoms with Gasteiger partial charge in [-0.2, -0.15) is 5.10 Å². The third-order valence-electron chi connectivity index (χ3n) is 5.16. The van der Waals surface area contributed by atoms with Gasteiger partial charge in [0.25, 0.3) is 0 Å². The maximum absolute atomic E-state index is 14.4. The lowest BCUT2D eigenvalue weighted by Crippen LogP contribution is -2.10. The summed E-state index contributed by atoms with van der Waals surface area (Å²) in [7, 11) is 0. The van der Waals surface area contributed by atoms with Crippen LogP contribution in [0.15, 0.2) is 30.6 Å². The van der Waals surface area contributed by atoms with Crippen LogP contribution in [0.25, 0.3) is 27.7 Å². The van der Waals surface area contributed by atoms with E-state index in [1.54, 1.807) is 35.9 Å². The van der Waals surface area contributed by atoms with E-state index in [0.29, 0.717) is 27.9 Å². The number of alkyl halides is 1. The Kier molecular flexibility index (Phi) is 3.16. The Labute approximate surface area is 152 Å². The minimum absolute atomic E-state index is 0.0701. The predicted molar refractivity (Wildman–Crippen MR) is 96.7 cm³/mol. The number of nitrogens with two attached hydrogens (primary N) is 1. The average Bonchev–Trinajstić information content (AvgIpc) is 3.04. The van der Waals surface area contributed by atoms with Gasteiger partial charge in [0.15, 0.2) is 11.6 Å². The molecule has 0 saturated heterocycles. The molecular formula is C19H15F2N5O. The van der Waals surface area contributed by atoms with Gasteiger partial charge in [-0.3, -0.25) is 14.3 Å². The Morgan fingerprint density at radius 3 is 2.93 bits per heavy atom. The van der Waals surface area contributed by atoms with Crippen LogP contribution < -0.4 is 5.73 Å². The number of imidazole rings is 1. The number of aromatic amines is 1. The lowest BCUT2D eigenvalue weighted by molar-refractivity contribution is 0.0952. The zero-order valence-corrected chi connectivity index (χ0v) is 14.3. The first-order valence-electron chi connectivity index (χ1n) is 8.54. The topological polar surface area (TPSA) is 89.1 Å². The van der Waals surface area contributed by atoms with E-state index in [0.717, 1.165) is 5.39 Å². The summed E-state index contributed by atoms with van der Waals surface area (Å²) in [5, 5.41) is 7.53. The number of hydrogen-bond acceptors (Lipinski definition) is 4. The van der Waals surface area contributed by atoms with Gasteiger partial charge in [-0.25, -0.2) is 13.8 Å². The molecule has 1 fully saturated rings. The van der Waals surface area contributed by atoms with Crippen molar-refractivity contribution in [2.24, 2.45) is 5.92 Å². The number of rotatable bonds is 3. The van der Waals surface area contributed by atoms with Crippen molar-refractivity contribution in [2.75, 3.05) is 5.73 Å². The molecule has 1 aromatic carbocycles. The molecule has 1 aliphatic carbocycles. The molecule has 0 unspecified atom stereocenters. The smallest absolute Gasteiger partial charge is 0.189 e. The van der Waals surface area contributed by atoms with Crippen molar-refractivity contribution in [3.63, 3.8) is 0 Å². The van der Waals surface area contributed by atoms with Crippen LogP contribution in [-0.4, -0.2) is 31.5 Å².